The lowest BCUT2D eigenvalue weighted by Gasteiger charge is -2.21. The van der Waals surface area contributed by atoms with Crippen molar-refractivity contribution in [3.05, 3.63) is 39.3 Å². The minimum atomic E-state index is 0.0568. The van der Waals surface area contributed by atoms with E-state index in [1.54, 1.807) is 11.3 Å². The van der Waals surface area contributed by atoms with E-state index in [1.165, 1.54) is 4.88 Å². The first kappa shape index (κ1) is 15.8. The first-order valence-electron chi connectivity index (χ1n) is 7.22. The highest BCUT2D eigenvalue weighted by atomic mass is 32.1. The molecule has 0 radical (unpaired) electrons. The second-order valence-electron chi connectivity index (χ2n) is 5.75. The molecule has 0 aliphatic heterocycles. The smallest absolute Gasteiger partial charge is 0.225 e. The normalized spacial score (nSPS) is 12.7. The lowest BCUT2D eigenvalue weighted by atomic mass is 10.0. The Morgan fingerprint density at radius 2 is 2.14 bits per heavy atom. The maximum absolute atomic E-state index is 12.4. The molecule has 2 aromatic heterocycles. The maximum atomic E-state index is 12.4. The molecule has 21 heavy (non-hydrogen) atoms. The second-order valence-corrected chi connectivity index (χ2v) is 6.73. The number of aryl methyl sites for hydroxylation is 2. The van der Waals surface area contributed by atoms with Crippen LogP contribution in [0.5, 0.6) is 0 Å². The van der Waals surface area contributed by atoms with Gasteiger partial charge in [0.15, 0.2) is 0 Å². The van der Waals surface area contributed by atoms with Gasteiger partial charge in [-0.15, -0.1) is 11.3 Å². The Bertz CT molecular complexity index is 614. The highest BCUT2D eigenvalue weighted by Crippen LogP contribution is 2.26. The zero-order valence-electron chi connectivity index (χ0n) is 13.3. The van der Waals surface area contributed by atoms with Gasteiger partial charge >= 0.3 is 0 Å². The number of hydrogen-bond donors (Lipinski definition) is 1. The first-order valence-corrected chi connectivity index (χ1v) is 8.10. The molecule has 1 atom stereocenters. The van der Waals surface area contributed by atoms with E-state index in [9.17, 15) is 4.79 Å². The van der Waals surface area contributed by atoms with Gasteiger partial charge in [0.2, 0.25) is 5.91 Å². The number of aromatic nitrogens is 2. The summed E-state index contributed by atoms with van der Waals surface area (Å²) in [4.78, 5) is 13.6. The molecule has 5 heteroatoms. The fourth-order valence-corrected chi connectivity index (χ4v) is 3.44. The van der Waals surface area contributed by atoms with Crippen LogP contribution < -0.4 is 5.32 Å². The molecular weight excluding hydrogens is 282 g/mol. The predicted octanol–water partition coefficient (Wildman–Crippen LogP) is 3.15. The molecule has 0 aliphatic rings. The Hall–Kier alpha value is -1.62. The highest BCUT2D eigenvalue weighted by molar-refractivity contribution is 7.10. The molecule has 0 aliphatic carbocycles. The monoisotopic (exact) mass is 305 g/mol. The summed E-state index contributed by atoms with van der Waals surface area (Å²) < 4.78 is 1.83. The van der Waals surface area contributed by atoms with Gasteiger partial charge in [0.05, 0.1) is 18.2 Å². The molecule has 1 N–H and O–H groups in total. The van der Waals surface area contributed by atoms with Crippen molar-refractivity contribution < 1.29 is 4.79 Å². The van der Waals surface area contributed by atoms with E-state index in [1.807, 2.05) is 37.0 Å². The molecule has 1 amide bonds. The summed E-state index contributed by atoms with van der Waals surface area (Å²) in [6.07, 6.45) is 0.389. The van der Waals surface area contributed by atoms with Crippen LogP contribution in [0.4, 0.5) is 0 Å². The average molecular weight is 305 g/mol. The zero-order chi connectivity index (χ0) is 15.6. The van der Waals surface area contributed by atoms with E-state index in [0.717, 1.165) is 17.0 Å². The predicted molar refractivity (Wildman–Crippen MR) is 86.4 cm³/mol. The molecule has 114 valence electrons. The third kappa shape index (κ3) is 3.53. The number of nitrogens with zero attached hydrogens (tertiary/aromatic N) is 2. The molecule has 0 spiro atoms. The SMILES string of the molecule is Cc1nn(C)c(C)c1CC(=O)NC(c1cccs1)C(C)C. The topological polar surface area (TPSA) is 46.9 Å². The minimum Gasteiger partial charge on any atom is -0.348 e. The standard InChI is InChI=1S/C16H23N3OS/c1-10(2)16(14-7-6-8-21-14)17-15(20)9-13-11(3)18-19(5)12(13)4/h6-8,10,16H,9H2,1-5H3,(H,17,20). The highest BCUT2D eigenvalue weighted by Gasteiger charge is 2.21. The van der Waals surface area contributed by atoms with Crippen molar-refractivity contribution in [3.8, 4) is 0 Å². The van der Waals surface area contributed by atoms with Crippen molar-refractivity contribution in [3.63, 3.8) is 0 Å². The fourth-order valence-electron chi connectivity index (χ4n) is 2.49. The van der Waals surface area contributed by atoms with Crippen LogP contribution in [-0.4, -0.2) is 15.7 Å². The first-order chi connectivity index (χ1) is 9.90. The van der Waals surface area contributed by atoms with Crippen LogP contribution in [0.25, 0.3) is 0 Å². The Morgan fingerprint density at radius 3 is 2.62 bits per heavy atom. The molecule has 4 nitrogen and oxygen atoms in total. The zero-order valence-corrected chi connectivity index (χ0v) is 14.1. The van der Waals surface area contributed by atoms with Crippen molar-refractivity contribution in [1.82, 2.24) is 15.1 Å². The molecule has 2 aromatic rings. The van der Waals surface area contributed by atoms with Gasteiger partial charge in [0, 0.05) is 23.2 Å². The van der Waals surface area contributed by atoms with E-state index < -0.39 is 0 Å². The van der Waals surface area contributed by atoms with Crippen molar-refractivity contribution in [1.29, 1.82) is 0 Å². The molecular formula is C16H23N3OS. The molecule has 2 heterocycles. The Kier molecular flexibility index (Phi) is 4.83. The fraction of sp³-hybridized carbons (Fsp3) is 0.500. The van der Waals surface area contributed by atoms with E-state index in [4.69, 9.17) is 0 Å². The Balaban J connectivity index is 2.10. The van der Waals surface area contributed by atoms with Crippen LogP contribution in [-0.2, 0) is 18.3 Å². The van der Waals surface area contributed by atoms with Gasteiger partial charge in [-0.2, -0.15) is 5.10 Å². The van der Waals surface area contributed by atoms with Crippen molar-refractivity contribution >= 4 is 17.2 Å². The summed E-state index contributed by atoms with van der Waals surface area (Å²) in [6.45, 7) is 8.22. The quantitative estimate of drug-likeness (QED) is 0.922. The molecule has 0 saturated heterocycles. The summed E-state index contributed by atoms with van der Waals surface area (Å²) in [5.41, 5.74) is 3.02. The average Bonchev–Trinajstić information content (AvgIpc) is 3.01. The number of carbonyl (C=O) groups excluding carboxylic acids is 1. The lowest BCUT2D eigenvalue weighted by Crippen LogP contribution is -2.32. The molecule has 0 saturated carbocycles. The third-order valence-corrected chi connectivity index (χ3v) is 4.78. The molecule has 0 fully saturated rings. The van der Waals surface area contributed by atoms with Crippen LogP contribution in [0.2, 0.25) is 0 Å². The third-order valence-electron chi connectivity index (χ3n) is 3.83. The molecule has 2 rings (SSSR count). The van der Waals surface area contributed by atoms with E-state index in [0.29, 0.717) is 12.3 Å². The number of thiophene rings is 1. The number of carbonyl (C=O) groups is 1. The second kappa shape index (κ2) is 6.43. The van der Waals surface area contributed by atoms with E-state index in [2.05, 4.69) is 30.3 Å². The minimum absolute atomic E-state index is 0.0568. The molecule has 0 aromatic carbocycles. The molecule has 0 bridgehead atoms. The van der Waals surface area contributed by atoms with Crippen LogP contribution >= 0.6 is 11.3 Å². The van der Waals surface area contributed by atoms with Crippen molar-refractivity contribution in [2.45, 2.75) is 40.2 Å². The van der Waals surface area contributed by atoms with Gasteiger partial charge in [-0.3, -0.25) is 9.48 Å². The van der Waals surface area contributed by atoms with Gasteiger partial charge in [-0.25, -0.2) is 0 Å². The Labute approximate surface area is 130 Å². The number of nitrogens with one attached hydrogen (secondary N) is 1. The summed E-state index contributed by atoms with van der Waals surface area (Å²) in [5.74, 6) is 0.421. The number of hydrogen-bond acceptors (Lipinski definition) is 3. The summed E-state index contributed by atoms with van der Waals surface area (Å²) >= 11 is 1.69. The van der Waals surface area contributed by atoms with Gasteiger partial charge in [0.1, 0.15) is 0 Å². The van der Waals surface area contributed by atoms with Crippen molar-refractivity contribution in [2.75, 3.05) is 0 Å². The van der Waals surface area contributed by atoms with Gasteiger partial charge in [0.25, 0.3) is 0 Å². The number of rotatable bonds is 5. The van der Waals surface area contributed by atoms with Crippen LogP contribution in [0.1, 0.15) is 41.7 Å². The Morgan fingerprint density at radius 1 is 1.43 bits per heavy atom. The number of amides is 1. The lowest BCUT2D eigenvalue weighted by molar-refractivity contribution is -0.121. The van der Waals surface area contributed by atoms with Gasteiger partial charge in [-0.1, -0.05) is 19.9 Å². The van der Waals surface area contributed by atoms with Crippen LogP contribution in [0.3, 0.4) is 0 Å². The largest absolute Gasteiger partial charge is 0.348 e. The summed E-state index contributed by atoms with van der Waals surface area (Å²) in [5, 5.41) is 9.58. The summed E-state index contributed by atoms with van der Waals surface area (Å²) in [7, 11) is 1.91. The van der Waals surface area contributed by atoms with E-state index in [-0.39, 0.29) is 11.9 Å². The van der Waals surface area contributed by atoms with Gasteiger partial charge < -0.3 is 5.32 Å². The maximum Gasteiger partial charge on any atom is 0.225 e. The van der Waals surface area contributed by atoms with Crippen LogP contribution in [0.15, 0.2) is 17.5 Å². The van der Waals surface area contributed by atoms with Crippen molar-refractivity contribution in [2.24, 2.45) is 13.0 Å². The van der Waals surface area contributed by atoms with E-state index >= 15 is 0 Å². The summed E-state index contributed by atoms with van der Waals surface area (Å²) in [6, 6.07) is 4.18. The molecule has 1 unspecified atom stereocenters. The van der Waals surface area contributed by atoms with Gasteiger partial charge in [-0.05, 0) is 31.2 Å². The van der Waals surface area contributed by atoms with Crippen LogP contribution in [0, 0.1) is 19.8 Å².